The summed E-state index contributed by atoms with van der Waals surface area (Å²) in [6.45, 7) is 4.21. The lowest BCUT2D eigenvalue weighted by Crippen LogP contribution is -2.24. The minimum Gasteiger partial charge on any atom is -0.418 e. The number of hydrogen-bond donors (Lipinski definition) is 1. The number of nitrogens with zero attached hydrogens (tertiary/aromatic N) is 2. The fraction of sp³-hybridized carbons (Fsp3) is 0.294. The van der Waals surface area contributed by atoms with Gasteiger partial charge in [-0.15, -0.1) is 21.5 Å². The Hall–Kier alpha value is -1.50. The molecule has 3 aromatic rings. The Balaban J connectivity index is 1.72. The van der Waals surface area contributed by atoms with Gasteiger partial charge >= 0.3 is 0 Å². The standard InChI is InChI=1S/C17H18BrN3OS/c1-3-14(12-6-8-13(18)9-7-12)19-11(2)16-20-21-17(22-16)15-5-4-10-23-15/h4-11,14,19H,3H2,1-2H3/t11-,14+/m1/s1. The molecule has 0 aliphatic rings. The number of thiophene rings is 1. The van der Waals surface area contributed by atoms with Crippen molar-refractivity contribution in [2.45, 2.75) is 32.4 Å². The second-order valence-corrected chi connectivity index (χ2v) is 7.19. The molecule has 3 rings (SSSR count). The van der Waals surface area contributed by atoms with Crippen LogP contribution < -0.4 is 5.32 Å². The minimum atomic E-state index is -0.00944. The van der Waals surface area contributed by atoms with E-state index in [1.165, 1.54) is 5.56 Å². The maximum atomic E-state index is 5.81. The second kappa shape index (κ2) is 7.38. The zero-order chi connectivity index (χ0) is 16.2. The summed E-state index contributed by atoms with van der Waals surface area (Å²) in [5.74, 6) is 1.20. The van der Waals surface area contributed by atoms with Crippen molar-refractivity contribution in [2.24, 2.45) is 0 Å². The molecule has 6 heteroatoms. The Labute approximate surface area is 148 Å². The van der Waals surface area contributed by atoms with Crippen LogP contribution in [0.3, 0.4) is 0 Å². The quantitative estimate of drug-likeness (QED) is 0.613. The van der Waals surface area contributed by atoms with Crippen LogP contribution >= 0.6 is 27.3 Å². The number of nitrogens with one attached hydrogen (secondary N) is 1. The average Bonchev–Trinajstić information content (AvgIpc) is 3.24. The highest BCUT2D eigenvalue weighted by atomic mass is 79.9. The molecule has 23 heavy (non-hydrogen) atoms. The van der Waals surface area contributed by atoms with Crippen LogP contribution in [0.15, 0.2) is 50.7 Å². The van der Waals surface area contributed by atoms with E-state index in [2.05, 4.69) is 62.6 Å². The lowest BCUT2D eigenvalue weighted by Gasteiger charge is -2.20. The first-order valence-corrected chi connectivity index (χ1v) is 9.23. The van der Waals surface area contributed by atoms with Gasteiger partial charge in [0.2, 0.25) is 5.89 Å². The lowest BCUT2D eigenvalue weighted by molar-refractivity contribution is 0.379. The van der Waals surface area contributed by atoms with Crippen molar-refractivity contribution in [2.75, 3.05) is 0 Å². The van der Waals surface area contributed by atoms with E-state index in [9.17, 15) is 0 Å². The zero-order valence-electron chi connectivity index (χ0n) is 13.0. The Bertz CT molecular complexity index is 740. The Morgan fingerprint density at radius 2 is 2.00 bits per heavy atom. The van der Waals surface area contributed by atoms with Crippen LogP contribution in [0, 0.1) is 0 Å². The van der Waals surface area contributed by atoms with Gasteiger partial charge in [-0.25, -0.2) is 0 Å². The summed E-state index contributed by atoms with van der Waals surface area (Å²) in [6, 6.07) is 12.6. The number of rotatable bonds is 6. The molecule has 0 spiro atoms. The molecule has 1 aromatic carbocycles. The number of aromatic nitrogens is 2. The van der Waals surface area contributed by atoms with Gasteiger partial charge in [0.05, 0.1) is 10.9 Å². The van der Waals surface area contributed by atoms with Crippen LogP contribution in [0.1, 0.15) is 43.8 Å². The third-order valence-electron chi connectivity index (χ3n) is 3.67. The third kappa shape index (κ3) is 3.88. The summed E-state index contributed by atoms with van der Waals surface area (Å²) < 4.78 is 6.89. The van der Waals surface area contributed by atoms with Gasteiger partial charge < -0.3 is 4.42 Å². The molecule has 1 N–H and O–H groups in total. The van der Waals surface area contributed by atoms with E-state index in [0.717, 1.165) is 15.8 Å². The van der Waals surface area contributed by atoms with Gasteiger partial charge in [-0.1, -0.05) is 41.1 Å². The molecule has 0 unspecified atom stereocenters. The molecule has 4 nitrogen and oxygen atoms in total. The van der Waals surface area contributed by atoms with E-state index >= 15 is 0 Å². The van der Waals surface area contributed by atoms with Crippen LogP contribution in [0.2, 0.25) is 0 Å². The highest BCUT2D eigenvalue weighted by molar-refractivity contribution is 9.10. The van der Waals surface area contributed by atoms with E-state index in [1.807, 2.05) is 24.4 Å². The smallest absolute Gasteiger partial charge is 0.257 e. The molecule has 0 bridgehead atoms. The highest BCUT2D eigenvalue weighted by Gasteiger charge is 2.19. The van der Waals surface area contributed by atoms with Gasteiger partial charge in [0.15, 0.2) is 0 Å². The summed E-state index contributed by atoms with van der Waals surface area (Å²) in [5, 5.41) is 13.9. The number of halogens is 1. The monoisotopic (exact) mass is 391 g/mol. The minimum absolute atomic E-state index is 0.00944. The molecule has 0 radical (unpaired) electrons. The predicted molar refractivity (Wildman–Crippen MR) is 96.3 cm³/mol. The second-order valence-electron chi connectivity index (χ2n) is 5.32. The Morgan fingerprint density at radius 1 is 1.22 bits per heavy atom. The zero-order valence-corrected chi connectivity index (χ0v) is 15.4. The van der Waals surface area contributed by atoms with Crippen molar-refractivity contribution in [3.05, 3.63) is 57.7 Å². The highest BCUT2D eigenvalue weighted by Crippen LogP contribution is 2.27. The van der Waals surface area contributed by atoms with E-state index in [4.69, 9.17) is 4.42 Å². The van der Waals surface area contributed by atoms with Gasteiger partial charge in [-0.2, -0.15) is 0 Å². The maximum Gasteiger partial charge on any atom is 0.257 e. The SMILES string of the molecule is CC[C@H](N[C@H](C)c1nnc(-c2cccs2)o1)c1ccc(Br)cc1. The average molecular weight is 392 g/mol. The molecule has 0 amide bonds. The van der Waals surface area contributed by atoms with E-state index in [1.54, 1.807) is 11.3 Å². The van der Waals surface area contributed by atoms with Crippen molar-refractivity contribution < 1.29 is 4.42 Å². The maximum absolute atomic E-state index is 5.81. The lowest BCUT2D eigenvalue weighted by atomic mass is 10.0. The molecule has 2 atom stereocenters. The summed E-state index contributed by atoms with van der Waals surface area (Å²) in [7, 11) is 0. The topological polar surface area (TPSA) is 51.0 Å². The van der Waals surface area contributed by atoms with Crippen LogP contribution in [-0.4, -0.2) is 10.2 Å². The molecule has 120 valence electrons. The molecule has 0 aliphatic heterocycles. The molecule has 0 fully saturated rings. The normalized spacial score (nSPS) is 13.9. The van der Waals surface area contributed by atoms with Gasteiger partial charge in [0.25, 0.3) is 5.89 Å². The van der Waals surface area contributed by atoms with Gasteiger partial charge in [0, 0.05) is 10.5 Å². The molecule has 0 aliphatic carbocycles. The summed E-state index contributed by atoms with van der Waals surface area (Å²) in [5.41, 5.74) is 1.25. The van der Waals surface area contributed by atoms with Crippen molar-refractivity contribution in [3.63, 3.8) is 0 Å². The first kappa shape index (κ1) is 16.4. The van der Waals surface area contributed by atoms with E-state index < -0.39 is 0 Å². The Kier molecular flexibility index (Phi) is 5.25. The predicted octanol–water partition coefficient (Wildman–Crippen LogP) is 5.36. The van der Waals surface area contributed by atoms with Crippen LogP contribution in [0.25, 0.3) is 10.8 Å². The van der Waals surface area contributed by atoms with E-state index in [-0.39, 0.29) is 12.1 Å². The molecule has 2 heterocycles. The van der Waals surface area contributed by atoms with Crippen LogP contribution in [0.5, 0.6) is 0 Å². The largest absolute Gasteiger partial charge is 0.418 e. The third-order valence-corrected chi connectivity index (χ3v) is 5.06. The van der Waals surface area contributed by atoms with Crippen molar-refractivity contribution in [1.82, 2.24) is 15.5 Å². The molecule has 0 saturated carbocycles. The molecule has 0 saturated heterocycles. The fourth-order valence-electron chi connectivity index (χ4n) is 2.43. The summed E-state index contributed by atoms with van der Waals surface area (Å²) in [6.07, 6.45) is 0.984. The van der Waals surface area contributed by atoms with E-state index in [0.29, 0.717) is 11.8 Å². The Morgan fingerprint density at radius 3 is 2.65 bits per heavy atom. The molecular weight excluding hydrogens is 374 g/mol. The van der Waals surface area contributed by atoms with Crippen LogP contribution in [0.4, 0.5) is 0 Å². The fourth-order valence-corrected chi connectivity index (χ4v) is 3.34. The van der Waals surface area contributed by atoms with Crippen molar-refractivity contribution >= 4 is 27.3 Å². The summed E-state index contributed by atoms with van der Waals surface area (Å²) >= 11 is 5.07. The van der Waals surface area contributed by atoms with Crippen LogP contribution in [-0.2, 0) is 0 Å². The van der Waals surface area contributed by atoms with Gasteiger partial charge in [-0.05, 0) is 42.5 Å². The van der Waals surface area contributed by atoms with Crippen molar-refractivity contribution in [1.29, 1.82) is 0 Å². The first-order chi connectivity index (χ1) is 11.2. The number of hydrogen-bond acceptors (Lipinski definition) is 5. The number of benzene rings is 1. The van der Waals surface area contributed by atoms with Gasteiger partial charge in [-0.3, -0.25) is 5.32 Å². The van der Waals surface area contributed by atoms with Crippen molar-refractivity contribution in [3.8, 4) is 10.8 Å². The molecular formula is C17H18BrN3OS. The van der Waals surface area contributed by atoms with Gasteiger partial charge in [0.1, 0.15) is 0 Å². The first-order valence-electron chi connectivity index (χ1n) is 7.56. The molecule has 2 aromatic heterocycles. The summed E-state index contributed by atoms with van der Waals surface area (Å²) in [4.78, 5) is 0.996.